The molecule has 1 heterocycles. The van der Waals surface area contributed by atoms with Gasteiger partial charge >= 0.3 is 0 Å². The van der Waals surface area contributed by atoms with E-state index in [1.807, 2.05) is 18.2 Å². The van der Waals surface area contributed by atoms with Crippen molar-refractivity contribution in [2.45, 2.75) is 6.54 Å². The molecule has 2 aromatic carbocycles. The van der Waals surface area contributed by atoms with Crippen LogP contribution >= 0.6 is 15.9 Å². The molecule has 24 heavy (non-hydrogen) atoms. The first-order valence-electron chi connectivity index (χ1n) is 6.95. The van der Waals surface area contributed by atoms with Crippen LogP contribution in [0.25, 0.3) is 10.9 Å². The van der Waals surface area contributed by atoms with Crippen molar-refractivity contribution < 1.29 is 9.66 Å². The lowest BCUT2D eigenvalue weighted by Gasteiger charge is -2.11. The Balaban J connectivity index is 2.07. The van der Waals surface area contributed by atoms with Crippen LogP contribution in [0.15, 0.2) is 52.0 Å². The highest BCUT2D eigenvalue weighted by Gasteiger charge is 2.12. The number of nitrogens with zero attached hydrogens (tertiary/aromatic N) is 3. The van der Waals surface area contributed by atoms with Gasteiger partial charge < -0.3 is 4.74 Å². The highest BCUT2D eigenvalue weighted by molar-refractivity contribution is 9.10. The molecule has 0 aliphatic rings. The van der Waals surface area contributed by atoms with E-state index in [-0.39, 0.29) is 17.8 Å². The van der Waals surface area contributed by atoms with Gasteiger partial charge in [0.1, 0.15) is 5.75 Å². The minimum atomic E-state index is -0.515. The summed E-state index contributed by atoms with van der Waals surface area (Å²) in [5.41, 5.74) is 0.751. The molecule has 0 aliphatic heterocycles. The summed E-state index contributed by atoms with van der Waals surface area (Å²) in [6.07, 6.45) is 1.38. The van der Waals surface area contributed by atoms with Gasteiger partial charge in [-0.05, 0) is 24.3 Å². The Morgan fingerprint density at radius 3 is 2.79 bits per heavy atom. The van der Waals surface area contributed by atoms with Crippen molar-refractivity contribution in [2.24, 2.45) is 0 Å². The van der Waals surface area contributed by atoms with Crippen LogP contribution in [-0.2, 0) is 6.54 Å². The molecule has 0 saturated heterocycles. The summed E-state index contributed by atoms with van der Waals surface area (Å²) in [7, 11) is 1.56. The predicted octanol–water partition coefficient (Wildman–Crippen LogP) is 3.12. The van der Waals surface area contributed by atoms with Crippen molar-refractivity contribution >= 4 is 32.5 Å². The first kappa shape index (κ1) is 16.1. The number of hydrogen-bond acceptors (Lipinski definition) is 5. The smallest absolute Gasteiger partial charge is 0.271 e. The lowest BCUT2D eigenvalue weighted by Crippen LogP contribution is -2.21. The number of rotatable bonds is 4. The van der Waals surface area contributed by atoms with Gasteiger partial charge in [-0.3, -0.25) is 19.5 Å². The lowest BCUT2D eigenvalue weighted by molar-refractivity contribution is -0.384. The van der Waals surface area contributed by atoms with Crippen molar-refractivity contribution in [3.63, 3.8) is 0 Å². The van der Waals surface area contributed by atoms with Gasteiger partial charge in [0.2, 0.25) is 0 Å². The topological polar surface area (TPSA) is 87.3 Å². The number of benzene rings is 2. The van der Waals surface area contributed by atoms with Crippen molar-refractivity contribution in [1.82, 2.24) is 9.55 Å². The van der Waals surface area contributed by atoms with Gasteiger partial charge in [-0.25, -0.2) is 4.98 Å². The molecule has 0 N–H and O–H groups in total. The molecular weight excluding hydrogens is 378 g/mol. The molecule has 0 amide bonds. The Labute approximate surface area is 144 Å². The second kappa shape index (κ2) is 6.40. The fourth-order valence-electron chi connectivity index (χ4n) is 2.43. The van der Waals surface area contributed by atoms with Crippen LogP contribution in [0, 0.1) is 10.1 Å². The van der Waals surface area contributed by atoms with Crippen LogP contribution in [0.2, 0.25) is 0 Å². The summed E-state index contributed by atoms with van der Waals surface area (Å²) in [5, 5.41) is 11.1. The maximum atomic E-state index is 12.6. The maximum absolute atomic E-state index is 12.6. The van der Waals surface area contributed by atoms with E-state index in [1.165, 1.54) is 29.1 Å². The molecule has 0 aliphatic carbocycles. The summed E-state index contributed by atoms with van der Waals surface area (Å²) in [5.74, 6) is 0.661. The van der Waals surface area contributed by atoms with Crippen LogP contribution in [0.5, 0.6) is 5.75 Å². The molecule has 7 nitrogen and oxygen atoms in total. The molecule has 3 rings (SSSR count). The summed E-state index contributed by atoms with van der Waals surface area (Å²) >= 11 is 3.40. The normalized spacial score (nSPS) is 10.8. The van der Waals surface area contributed by atoms with Crippen LogP contribution in [0.3, 0.4) is 0 Å². The van der Waals surface area contributed by atoms with Gasteiger partial charge in [0.25, 0.3) is 11.2 Å². The highest BCUT2D eigenvalue weighted by atomic mass is 79.9. The highest BCUT2D eigenvalue weighted by Crippen LogP contribution is 2.24. The number of non-ortho nitro benzene ring substituents is 1. The van der Waals surface area contributed by atoms with Gasteiger partial charge in [0.15, 0.2) is 0 Å². The Kier molecular flexibility index (Phi) is 4.30. The van der Waals surface area contributed by atoms with E-state index in [0.717, 1.165) is 10.0 Å². The SMILES string of the molecule is COc1ccc(Br)cc1Cn1cnc2cc([N+](=O)[O-])ccc2c1=O. The fraction of sp³-hybridized carbons (Fsp3) is 0.125. The van der Waals surface area contributed by atoms with E-state index in [9.17, 15) is 14.9 Å². The molecular formula is C16H12BrN3O4. The number of hydrogen-bond donors (Lipinski definition) is 0. The largest absolute Gasteiger partial charge is 0.496 e. The molecule has 0 unspecified atom stereocenters. The van der Waals surface area contributed by atoms with Crippen LogP contribution < -0.4 is 10.3 Å². The lowest BCUT2D eigenvalue weighted by atomic mass is 10.2. The second-order valence-corrected chi connectivity index (χ2v) is 6.01. The Morgan fingerprint density at radius 1 is 1.29 bits per heavy atom. The minimum absolute atomic E-state index is 0.0965. The van der Waals surface area contributed by atoms with Crippen molar-refractivity contribution in [3.8, 4) is 5.75 Å². The number of fused-ring (bicyclic) bond motifs is 1. The molecule has 1 aromatic heterocycles. The zero-order valence-electron chi connectivity index (χ0n) is 12.6. The zero-order valence-corrected chi connectivity index (χ0v) is 14.2. The van der Waals surface area contributed by atoms with E-state index in [2.05, 4.69) is 20.9 Å². The van der Waals surface area contributed by atoms with Crippen LogP contribution in [-0.4, -0.2) is 21.6 Å². The van der Waals surface area contributed by atoms with Crippen molar-refractivity contribution in [1.29, 1.82) is 0 Å². The Hall–Kier alpha value is -2.74. The Bertz CT molecular complexity index is 1000. The van der Waals surface area contributed by atoms with E-state index >= 15 is 0 Å². The molecule has 122 valence electrons. The summed E-state index contributed by atoms with van der Waals surface area (Å²) < 4.78 is 7.62. The van der Waals surface area contributed by atoms with Crippen LogP contribution in [0.1, 0.15) is 5.56 Å². The first-order valence-corrected chi connectivity index (χ1v) is 7.75. The standard InChI is InChI=1S/C16H12BrN3O4/c1-24-15-5-2-11(17)6-10(15)8-19-9-18-14-7-12(20(22)23)3-4-13(14)16(19)21/h2-7,9H,8H2,1H3. The average molecular weight is 390 g/mol. The van der Waals surface area contributed by atoms with Gasteiger partial charge in [0, 0.05) is 22.2 Å². The van der Waals surface area contributed by atoms with Crippen molar-refractivity contribution in [3.05, 3.63) is 73.2 Å². The van der Waals surface area contributed by atoms with E-state index in [4.69, 9.17) is 4.74 Å². The second-order valence-electron chi connectivity index (χ2n) is 5.09. The summed E-state index contributed by atoms with van der Waals surface area (Å²) in [4.78, 5) is 27.1. The minimum Gasteiger partial charge on any atom is -0.496 e. The Morgan fingerprint density at radius 2 is 2.08 bits per heavy atom. The van der Waals surface area contributed by atoms with Gasteiger partial charge in [-0.15, -0.1) is 0 Å². The molecule has 0 radical (unpaired) electrons. The molecule has 0 fully saturated rings. The predicted molar refractivity (Wildman–Crippen MR) is 92.5 cm³/mol. The molecule has 3 aromatic rings. The maximum Gasteiger partial charge on any atom is 0.271 e. The van der Waals surface area contributed by atoms with E-state index in [1.54, 1.807) is 7.11 Å². The molecule has 0 atom stereocenters. The third kappa shape index (κ3) is 3.00. The third-order valence-corrected chi connectivity index (χ3v) is 4.10. The summed E-state index contributed by atoms with van der Waals surface area (Å²) in [6.45, 7) is 0.279. The number of methoxy groups -OCH3 is 1. The first-order chi connectivity index (χ1) is 11.5. The van der Waals surface area contributed by atoms with Gasteiger partial charge in [-0.2, -0.15) is 0 Å². The van der Waals surface area contributed by atoms with E-state index in [0.29, 0.717) is 16.7 Å². The number of nitro groups is 1. The van der Waals surface area contributed by atoms with Gasteiger partial charge in [0.05, 0.1) is 35.8 Å². The number of halogens is 1. The molecule has 8 heteroatoms. The van der Waals surface area contributed by atoms with Crippen LogP contribution in [0.4, 0.5) is 5.69 Å². The quantitative estimate of drug-likeness (QED) is 0.505. The summed E-state index contributed by atoms with van der Waals surface area (Å²) in [6, 6.07) is 9.55. The fourth-order valence-corrected chi connectivity index (χ4v) is 2.84. The third-order valence-electron chi connectivity index (χ3n) is 3.60. The van der Waals surface area contributed by atoms with Crippen molar-refractivity contribution in [2.75, 3.05) is 7.11 Å². The monoisotopic (exact) mass is 389 g/mol. The molecule has 0 spiro atoms. The molecule has 0 bridgehead atoms. The zero-order chi connectivity index (χ0) is 17.3. The number of aromatic nitrogens is 2. The number of ether oxygens (including phenoxy) is 1. The van der Waals surface area contributed by atoms with E-state index < -0.39 is 4.92 Å². The van der Waals surface area contributed by atoms with Gasteiger partial charge in [-0.1, -0.05) is 15.9 Å². The average Bonchev–Trinajstić information content (AvgIpc) is 2.57. The molecule has 0 saturated carbocycles. The number of nitro benzene ring substituents is 1.